The zero-order chi connectivity index (χ0) is 27.5. The molecule has 0 spiro atoms. The second kappa shape index (κ2) is 11.6. The van der Waals surface area contributed by atoms with Gasteiger partial charge < -0.3 is 9.26 Å². The summed E-state index contributed by atoms with van der Waals surface area (Å²) >= 11 is 6.26. The summed E-state index contributed by atoms with van der Waals surface area (Å²) in [6.45, 7) is 8.21. The maximum absolute atomic E-state index is 14.3. The third-order valence-corrected chi connectivity index (χ3v) is 7.27. The summed E-state index contributed by atoms with van der Waals surface area (Å²) in [4.78, 5) is 24.8. The molecule has 9 heteroatoms. The molecule has 0 aliphatic heterocycles. The molecule has 37 heavy (non-hydrogen) atoms. The number of carbonyl (C=O) groups excluding carboxylic acids is 2. The highest BCUT2D eigenvalue weighted by Gasteiger charge is 2.47. The van der Waals surface area contributed by atoms with E-state index in [1.807, 2.05) is 13.0 Å². The average molecular weight is 542 g/mol. The number of aromatic nitrogens is 1. The number of esters is 1. The van der Waals surface area contributed by atoms with E-state index in [1.165, 1.54) is 7.11 Å². The molecule has 0 bridgehead atoms. The quantitative estimate of drug-likeness (QED) is 0.287. The van der Waals surface area contributed by atoms with Gasteiger partial charge in [-0.05, 0) is 61.1 Å². The minimum Gasteiger partial charge on any atom is -0.469 e. The van der Waals surface area contributed by atoms with E-state index in [0.717, 1.165) is 12.0 Å². The molecule has 1 aliphatic rings. The van der Waals surface area contributed by atoms with Crippen LogP contribution in [0.1, 0.15) is 99.3 Å². The van der Waals surface area contributed by atoms with Crippen molar-refractivity contribution in [2.24, 2.45) is 11.3 Å². The third-order valence-electron chi connectivity index (χ3n) is 6.92. The van der Waals surface area contributed by atoms with Crippen molar-refractivity contribution >= 4 is 23.4 Å². The lowest BCUT2D eigenvalue weighted by Gasteiger charge is -2.38. The largest absolute Gasteiger partial charge is 0.469 e. The minimum atomic E-state index is -4.70. The van der Waals surface area contributed by atoms with Crippen LogP contribution in [0, 0.1) is 18.3 Å². The fourth-order valence-electron chi connectivity index (χ4n) is 5.23. The lowest BCUT2D eigenvalue weighted by molar-refractivity contribution is -0.141. The number of rotatable bonds is 10. The normalized spacial score (nSPS) is 18.8. The Morgan fingerprint density at radius 1 is 1.22 bits per heavy atom. The number of alkyl halides is 3. The van der Waals surface area contributed by atoms with Gasteiger partial charge in [0.2, 0.25) is 0 Å². The van der Waals surface area contributed by atoms with Crippen molar-refractivity contribution in [2.75, 3.05) is 7.11 Å². The van der Waals surface area contributed by atoms with Crippen molar-refractivity contribution in [3.05, 3.63) is 51.4 Å². The van der Waals surface area contributed by atoms with Crippen LogP contribution < -0.4 is 0 Å². The fourth-order valence-corrected chi connectivity index (χ4v) is 5.53. The van der Waals surface area contributed by atoms with Crippen molar-refractivity contribution in [2.45, 2.75) is 90.7 Å². The van der Waals surface area contributed by atoms with Crippen molar-refractivity contribution in [1.29, 1.82) is 0 Å². The first kappa shape index (κ1) is 29.2. The Labute approximate surface area is 221 Å². The topological polar surface area (TPSA) is 69.4 Å². The molecule has 1 saturated carbocycles. The molecule has 1 fully saturated rings. The number of nitrogens with zero attached hydrogens (tertiary/aromatic N) is 1. The molecule has 5 nitrogen and oxygen atoms in total. The molecule has 0 saturated heterocycles. The Hall–Kier alpha value is -2.35. The second-order valence-corrected chi connectivity index (χ2v) is 11.8. The van der Waals surface area contributed by atoms with Gasteiger partial charge in [0.25, 0.3) is 0 Å². The number of aryl methyl sites for hydroxylation is 1. The number of hydrogen-bond donors (Lipinski definition) is 0. The third kappa shape index (κ3) is 7.82. The van der Waals surface area contributed by atoms with Gasteiger partial charge in [-0.1, -0.05) is 49.7 Å². The predicted molar refractivity (Wildman–Crippen MR) is 135 cm³/mol. The summed E-state index contributed by atoms with van der Waals surface area (Å²) in [6, 6.07) is 5.29. The summed E-state index contributed by atoms with van der Waals surface area (Å²) in [5.41, 5.74) is 0.411. The van der Waals surface area contributed by atoms with Gasteiger partial charge in [0.15, 0.2) is 5.76 Å². The van der Waals surface area contributed by atoms with Crippen molar-refractivity contribution in [3.8, 4) is 0 Å². The Bertz CT molecular complexity index is 1110. The van der Waals surface area contributed by atoms with Gasteiger partial charge in [-0.3, -0.25) is 9.59 Å². The van der Waals surface area contributed by atoms with Gasteiger partial charge in [-0.25, -0.2) is 0 Å². The number of halogens is 4. The van der Waals surface area contributed by atoms with Crippen LogP contribution >= 0.6 is 11.6 Å². The Kier molecular flexibility index (Phi) is 9.14. The van der Waals surface area contributed by atoms with Crippen molar-refractivity contribution in [1.82, 2.24) is 5.16 Å². The summed E-state index contributed by atoms with van der Waals surface area (Å²) in [7, 11) is 1.21. The number of benzene rings is 1. The van der Waals surface area contributed by atoms with Gasteiger partial charge in [-0.2, -0.15) is 13.2 Å². The Morgan fingerprint density at radius 3 is 2.46 bits per heavy atom. The average Bonchev–Trinajstić information content (AvgIpc) is 3.19. The standard InChI is InChI=1S/C28H35ClF3NO4/c1-16-6-7-18(22(29)10-16)13-21(34)14-19(8-9-23(35)36-5)25-24(28(30,31)32)26(37-33-25)20-11-17(12-20)15-27(2,3)4/h6-7,10,17,19-20H,8-9,11-15H2,1-5H3. The molecule has 1 aromatic carbocycles. The number of Topliss-reactive ketones (excluding diaryl/α,β-unsaturated/α-hetero) is 1. The summed E-state index contributed by atoms with van der Waals surface area (Å²) in [5.74, 6) is -2.02. The highest BCUT2D eigenvalue weighted by atomic mass is 35.5. The maximum atomic E-state index is 14.3. The first-order valence-electron chi connectivity index (χ1n) is 12.6. The Balaban J connectivity index is 1.86. The molecular weight excluding hydrogens is 507 g/mol. The molecule has 3 rings (SSSR count). The van der Waals surface area contributed by atoms with Gasteiger partial charge in [-0.15, -0.1) is 0 Å². The molecule has 204 valence electrons. The van der Waals surface area contributed by atoms with E-state index in [9.17, 15) is 22.8 Å². The van der Waals surface area contributed by atoms with E-state index in [1.54, 1.807) is 12.1 Å². The van der Waals surface area contributed by atoms with Crippen LogP contribution in [-0.2, 0) is 26.9 Å². The van der Waals surface area contributed by atoms with Gasteiger partial charge >= 0.3 is 12.1 Å². The van der Waals surface area contributed by atoms with E-state index in [0.29, 0.717) is 29.3 Å². The number of ketones is 1. The highest BCUT2D eigenvalue weighted by molar-refractivity contribution is 6.31. The lowest BCUT2D eigenvalue weighted by atomic mass is 9.67. The molecular formula is C28H35ClF3NO4. The fraction of sp³-hybridized carbons (Fsp3) is 0.607. The van der Waals surface area contributed by atoms with Gasteiger partial charge in [0.1, 0.15) is 11.3 Å². The minimum absolute atomic E-state index is 0.0214. The van der Waals surface area contributed by atoms with E-state index in [4.69, 9.17) is 16.1 Å². The van der Waals surface area contributed by atoms with E-state index in [2.05, 4.69) is 30.7 Å². The number of carbonyl (C=O) groups is 2. The second-order valence-electron chi connectivity index (χ2n) is 11.4. The first-order valence-corrected chi connectivity index (χ1v) is 13.0. The number of ether oxygens (including phenoxy) is 1. The number of methoxy groups -OCH3 is 1. The molecule has 0 N–H and O–H groups in total. The van der Waals surface area contributed by atoms with Crippen LogP contribution in [0.3, 0.4) is 0 Å². The molecule has 0 radical (unpaired) electrons. The zero-order valence-corrected chi connectivity index (χ0v) is 22.8. The molecule has 1 unspecified atom stereocenters. The van der Waals surface area contributed by atoms with Crippen LogP contribution in [0.4, 0.5) is 13.2 Å². The highest BCUT2D eigenvalue weighted by Crippen LogP contribution is 2.51. The monoisotopic (exact) mass is 541 g/mol. The van der Waals surface area contributed by atoms with E-state index in [-0.39, 0.29) is 54.3 Å². The van der Waals surface area contributed by atoms with Crippen LogP contribution in [0.2, 0.25) is 5.02 Å². The zero-order valence-electron chi connectivity index (χ0n) is 22.0. The molecule has 1 aromatic heterocycles. The summed E-state index contributed by atoms with van der Waals surface area (Å²) in [5, 5.41) is 4.28. The summed E-state index contributed by atoms with van der Waals surface area (Å²) < 4.78 is 53.0. The molecule has 2 aromatic rings. The van der Waals surface area contributed by atoms with Crippen LogP contribution in [-0.4, -0.2) is 24.0 Å². The molecule has 1 heterocycles. The Morgan fingerprint density at radius 2 is 1.89 bits per heavy atom. The molecule has 1 aliphatic carbocycles. The summed E-state index contributed by atoms with van der Waals surface area (Å²) in [6.07, 6.45) is -3.00. The molecule has 0 amide bonds. The van der Waals surface area contributed by atoms with Gasteiger partial charge in [0.05, 0.1) is 12.8 Å². The van der Waals surface area contributed by atoms with Crippen LogP contribution in [0.5, 0.6) is 0 Å². The lowest BCUT2D eigenvalue weighted by Crippen LogP contribution is -2.27. The first-order chi connectivity index (χ1) is 17.2. The smallest absolute Gasteiger partial charge is 0.421 e. The van der Waals surface area contributed by atoms with Crippen molar-refractivity contribution in [3.63, 3.8) is 0 Å². The van der Waals surface area contributed by atoms with Gasteiger partial charge in [0, 0.05) is 36.1 Å². The maximum Gasteiger partial charge on any atom is 0.421 e. The van der Waals surface area contributed by atoms with Crippen LogP contribution in [0.15, 0.2) is 22.7 Å². The predicted octanol–water partition coefficient (Wildman–Crippen LogP) is 7.82. The van der Waals surface area contributed by atoms with Crippen LogP contribution in [0.25, 0.3) is 0 Å². The SMILES string of the molecule is COC(=O)CCC(CC(=O)Cc1ccc(C)cc1Cl)c1noc(C2CC(CC(C)(C)C)C2)c1C(F)(F)F. The molecule has 1 atom stereocenters. The number of hydrogen-bond acceptors (Lipinski definition) is 5. The van der Waals surface area contributed by atoms with E-state index < -0.39 is 23.6 Å². The van der Waals surface area contributed by atoms with Crippen molar-refractivity contribution < 1.29 is 32.0 Å². The van der Waals surface area contributed by atoms with E-state index >= 15 is 0 Å².